The number of carbonyl (C=O) groups is 2. The Morgan fingerprint density at radius 3 is 2.24 bits per heavy atom. The van der Waals surface area contributed by atoms with Gasteiger partial charge in [-0.3, -0.25) is 18.9 Å². The van der Waals surface area contributed by atoms with Crippen molar-refractivity contribution in [3.05, 3.63) is 64.2 Å². The van der Waals surface area contributed by atoms with E-state index in [9.17, 15) is 35.9 Å². The van der Waals surface area contributed by atoms with Crippen LogP contribution in [0.3, 0.4) is 0 Å². The molecule has 0 saturated carbocycles. The molecule has 3 rings (SSSR count). The summed E-state index contributed by atoms with van der Waals surface area (Å²) >= 11 is 6.83. The summed E-state index contributed by atoms with van der Waals surface area (Å²) in [6, 6.07) is 6.97. The van der Waals surface area contributed by atoms with Crippen molar-refractivity contribution >= 4 is 46.8 Å². The lowest BCUT2D eigenvalue weighted by atomic mass is 9.82. The van der Waals surface area contributed by atoms with Gasteiger partial charge in [-0.2, -0.15) is 31.4 Å². The van der Waals surface area contributed by atoms with Crippen molar-refractivity contribution < 1.29 is 40.7 Å². The first-order valence-electron chi connectivity index (χ1n) is 11.0. The van der Waals surface area contributed by atoms with E-state index in [1.54, 1.807) is 13.2 Å². The highest BCUT2D eigenvalue weighted by Gasteiger charge is 2.48. The molecule has 0 aliphatic carbocycles. The Labute approximate surface area is 223 Å². The number of halogens is 7. The van der Waals surface area contributed by atoms with Crippen LogP contribution >= 0.6 is 23.5 Å². The molecule has 1 amide bonds. The van der Waals surface area contributed by atoms with Gasteiger partial charge in [-0.1, -0.05) is 17.7 Å². The van der Waals surface area contributed by atoms with Crippen LogP contribution in [0, 0.1) is 5.41 Å². The molecule has 14 heteroatoms. The summed E-state index contributed by atoms with van der Waals surface area (Å²) in [4.78, 5) is 26.0. The van der Waals surface area contributed by atoms with Crippen LogP contribution in [0.4, 0.5) is 32.0 Å². The largest absolute Gasteiger partial charge is 0.465 e. The van der Waals surface area contributed by atoms with E-state index in [-0.39, 0.29) is 36.7 Å². The lowest BCUT2D eigenvalue weighted by Crippen LogP contribution is -2.42. The molecular formula is C24H22ClF6N3O3S. The Morgan fingerprint density at radius 1 is 1.11 bits per heavy atom. The number of esters is 1. The molecule has 0 saturated heterocycles. The van der Waals surface area contributed by atoms with E-state index in [4.69, 9.17) is 16.3 Å². The van der Waals surface area contributed by atoms with E-state index < -0.39 is 45.8 Å². The zero-order valence-corrected chi connectivity index (χ0v) is 21.9. The molecule has 0 aromatic heterocycles. The molecule has 1 unspecified atom stereocenters. The maximum Gasteiger partial charge on any atom is 0.417 e. The van der Waals surface area contributed by atoms with Crippen molar-refractivity contribution in [2.75, 3.05) is 30.3 Å². The molecule has 1 aliphatic heterocycles. The summed E-state index contributed by atoms with van der Waals surface area (Å²) in [7, 11) is 0. The highest BCUT2D eigenvalue weighted by Crippen LogP contribution is 2.38. The monoisotopic (exact) mass is 581 g/mol. The van der Waals surface area contributed by atoms with E-state index in [0.29, 0.717) is 0 Å². The first-order chi connectivity index (χ1) is 17.6. The molecule has 0 fully saturated rings. The van der Waals surface area contributed by atoms with Crippen molar-refractivity contribution in [2.45, 2.75) is 26.2 Å². The molecule has 2 aromatic carbocycles. The number of rotatable bonds is 7. The first-order valence-corrected chi connectivity index (χ1v) is 12.6. The Bertz CT molecular complexity index is 1240. The third-order valence-electron chi connectivity index (χ3n) is 5.69. The molecule has 38 heavy (non-hydrogen) atoms. The smallest absolute Gasteiger partial charge is 0.417 e. The van der Waals surface area contributed by atoms with E-state index in [1.807, 2.05) is 0 Å². The van der Waals surface area contributed by atoms with E-state index in [1.165, 1.54) is 16.2 Å². The summed E-state index contributed by atoms with van der Waals surface area (Å²) in [5, 5.41) is 5.02. The van der Waals surface area contributed by atoms with Gasteiger partial charge >= 0.3 is 18.3 Å². The molecule has 0 spiro atoms. The molecule has 0 N–H and O–H groups in total. The van der Waals surface area contributed by atoms with E-state index in [0.717, 1.165) is 54.4 Å². The van der Waals surface area contributed by atoms with Gasteiger partial charge in [0, 0.05) is 11.8 Å². The molecule has 1 aliphatic rings. The summed E-state index contributed by atoms with van der Waals surface area (Å²) < 4.78 is 84.6. The highest BCUT2D eigenvalue weighted by atomic mass is 35.5. The van der Waals surface area contributed by atoms with Crippen molar-refractivity contribution in [1.82, 2.24) is 5.01 Å². The Kier molecular flexibility index (Phi) is 8.61. The molecule has 0 radical (unpaired) electrons. The van der Waals surface area contributed by atoms with Crippen LogP contribution in [0.25, 0.3) is 0 Å². The quantitative estimate of drug-likeness (QED) is 0.219. The molecule has 206 valence electrons. The average Bonchev–Trinajstić information content (AvgIpc) is 3.15. The SMILES string of the molecule is CCOC(=O)C1(C)CN(CC(=O)N(SC)c2ccc(C(F)(F)F)cc2)N=C1c1ccc(C(F)(F)F)c(Cl)c1. The van der Waals surface area contributed by atoms with Crippen molar-refractivity contribution in [1.29, 1.82) is 0 Å². The van der Waals surface area contributed by atoms with Gasteiger partial charge in [0.15, 0.2) is 0 Å². The first kappa shape index (κ1) is 29.6. The second-order valence-electron chi connectivity index (χ2n) is 8.43. The van der Waals surface area contributed by atoms with Crippen molar-refractivity contribution in [3.8, 4) is 0 Å². The molecule has 1 heterocycles. The second-order valence-corrected chi connectivity index (χ2v) is 9.57. The van der Waals surface area contributed by atoms with Crippen molar-refractivity contribution in [3.63, 3.8) is 0 Å². The number of carbonyl (C=O) groups excluding carboxylic acids is 2. The van der Waals surface area contributed by atoms with Crippen LogP contribution in [0.5, 0.6) is 0 Å². The van der Waals surface area contributed by atoms with Gasteiger partial charge in [0.05, 0.1) is 40.7 Å². The predicted molar refractivity (Wildman–Crippen MR) is 132 cm³/mol. The van der Waals surface area contributed by atoms with Crippen LogP contribution < -0.4 is 4.31 Å². The third kappa shape index (κ3) is 6.20. The zero-order valence-electron chi connectivity index (χ0n) is 20.3. The van der Waals surface area contributed by atoms with Gasteiger partial charge in [-0.05, 0) is 62.2 Å². The normalized spacial score (nSPS) is 17.8. The second kappa shape index (κ2) is 11.0. The summed E-state index contributed by atoms with van der Waals surface area (Å²) in [6.07, 6.45) is -7.66. The maximum atomic E-state index is 13.2. The number of hydrogen-bond acceptors (Lipinski definition) is 6. The summed E-state index contributed by atoms with van der Waals surface area (Å²) in [5.41, 5.74) is -2.98. The fourth-order valence-corrected chi connectivity index (χ4v) is 4.78. The van der Waals surface area contributed by atoms with Crippen LogP contribution in [0.2, 0.25) is 5.02 Å². The lowest BCUT2D eigenvalue weighted by Gasteiger charge is -2.26. The molecule has 2 aromatic rings. The molecule has 6 nitrogen and oxygen atoms in total. The van der Waals surface area contributed by atoms with Gasteiger partial charge in [0.2, 0.25) is 0 Å². The fourth-order valence-electron chi connectivity index (χ4n) is 3.90. The minimum Gasteiger partial charge on any atom is -0.465 e. The zero-order chi connectivity index (χ0) is 28.5. The number of hydrazone groups is 1. The average molecular weight is 582 g/mol. The number of ether oxygens (including phenoxy) is 1. The topological polar surface area (TPSA) is 62.2 Å². The van der Waals surface area contributed by atoms with Gasteiger partial charge in [-0.15, -0.1) is 0 Å². The predicted octanol–water partition coefficient (Wildman–Crippen LogP) is 6.28. The van der Waals surface area contributed by atoms with E-state index >= 15 is 0 Å². The van der Waals surface area contributed by atoms with Crippen LogP contribution in [-0.2, 0) is 26.7 Å². The molecule has 1 atom stereocenters. The number of anilines is 1. The molecular weight excluding hydrogens is 560 g/mol. The standard InChI is InChI=1S/C24H22ClF6N3O3S/c1-4-37-21(36)22(2)13-33(32-20(22)14-5-10-17(18(25)11-14)24(29,30)31)12-19(35)34(38-3)16-8-6-15(7-9-16)23(26,27)28/h5-11H,4,12-13H2,1-3H3. The van der Waals surface area contributed by atoms with Crippen LogP contribution in [-0.4, -0.2) is 48.5 Å². The van der Waals surface area contributed by atoms with Gasteiger partial charge in [0.1, 0.15) is 12.0 Å². The third-order valence-corrected chi connectivity index (χ3v) is 6.79. The maximum absolute atomic E-state index is 13.2. The summed E-state index contributed by atoms with van der Waals surface area (Å²) in [6.45, 7) is 2.59. The van der Waals surface area contributed by atoms with Crippen LogP contribution in [0.15, 0.2) is 47.6 Å². The van der Waals surface area contributed by atoms with Crippen LogP contribution in [0.1, 0.15) is 30.5 Å². The van der Waals surface area contributed by atoms with Gasteiger partial charge < -0.3 is 4.74 Å². The van der Waals surface area contributed by atoms with Gasteiger partial charge in [-0.25, -0.2) is 0 Å². The Balaban J connectivity index is 1.91. The minimum absolute atomic E-state index is 0.0303. The highest BCUT2D eigenvalue weighted by molar-refractivity contribution is 8.00. The molecule has 0 bridgehead atoms. The number of alkyl halides is 6. The lowest BCUT2D eigenvalue weighted by molar-refractivity contribution is -0.150. The number of amides is 1. The van der Waals surface area contributed by atoms with Gasteiger partial charge in [0.25, 0.3) is 5.91 Å². The number of benzene rings is 2. The number of hydrogen-bond donors (Lipinski definition) is 0. The van der Waals surface area contributed by atoms with E-state index in [2.05, 4.69) is 5.10 Å². The number of nitrogens with zero attached hydrogens (tertiary/aromatic N) is 3. The van der Waals surface area contributed by atoms with Crippen molar-refractivity contribution in [2.24, 2.45) is 10.5 Å². The Hall–Kier alpha value is -2.93. The Morgan fingerprint density at radius 2 is 1.74 bits per heavy atom. The summed E-state index contributed by atoms with van der Waals surface area (Å²) in [5.74, 6) is -1.26. The minimum atomic E-state index is -4.68. The fraction of sp³-hybridized carbons (Fsp3) is 0.375.